The van der Waals surface area contributed by atoms with Crippen LogP contribution in [0.15, 0.2) is 6.20 Å². The van der Waals surface area contributed by atoms with E-state index in [0.29, 0.717) is 31.9 Å². The molecule has 1 aliphatic heterocycles. The van der Waals surface area contributed by atoms with E-state index in [-0.39, 0.29) is 5.69 Å². The van der Waals surface area contributed by atoms with E-state index in [1.165, 1.54) is 6.20 Å². The summed E-state index contributed by atoms with van der Waals surface area (Å²) < 4.78 is 37.7. The lowest BCUT2D eigenvalue weighted by atomic mass is 10.2. The summed E-state index contributed by atoms with van der Waals surface area (Å²) >= 11 is 0. The molecule has 1 aromatic rings. The van der Waals surface area contributed by atoms with Gasteiger partial charge in [-0.25, -0.2) is 0 Å². The van der Waals surface area contributed by atoms with Crippen LogP contribution in [0.5, 0.6) is 0 Å². The predicted molar refractivity (Wildman–Crippen MR) is 56.5 cm³/mol. The van der Waals surface area contributed by atoms with Crippen LogP contribution in [-0.4, -0.2) is 36.4 Å². The van der Waals surface area contributed by atoms with Crippen molar-refractivity contribution in [2.75, 3.05) is 36.8 Å². The summed E-state index contributed by atoms with van der Waals surface area (Å²) in [6, 6.07) is 0. The number of nitrogens with one attached hydrogen (secondary N) is 1. The highest BCUT2D eigenvalue weighted by Gasteiger charge is 2.37. The fraction of sp³-hybridized carbons (Fsp3) is 0.556. The van der Waals surface area contributed by atoms with Crippen LogP contribution >= 0.6 is 0 Å². The molecule has 1 aliphatic rings. The molecule has 2 heterocycles. The van der Waals surface area contributed by atoms with Crippen molar-refractivity contribution in [2.45, 2.75) is 6.18 Å². The minimum atomic E-state index is -4.57. The largest absolute Gasteiger partial charge is 0.437 e. The number of anilines is 2. The van der Waals surface area contributed by atoms with Gasteiger partial charge in [-0.05, 0) is 0 Å². The predicted octanol–water partition coefficient (Wildman–Crippen LogP) is 0.487. The highest BCUT2D eigenvalue weighted by Crippen LogP contribution is 2.35. The van der Waals surface area contributed by atoms with Gasteiger partial charge in [0.15, 0.2) is 5.69 Å². The van der Waals surface area contributed by atoms with Crippen LogP contribution in [0.2, 0.25) is 0 Å². The van der Waals surface area contributed by atoms with Gasteiger partial charge in [0, 0.05) is 26.2 Å². The normalized spacial score (nSPS) is 17.2. The van der Waals surface area contributed by atoms with Gasteiger partial charge in [-0.2, -0.15) is 18.3 Å². The Balaban J connectivity index is 2.35. The first-order valence-electron chi connectivity index (χ1n) is 5.14. The molecule has 0 aromatic carbocycles. The van der Waals surface area contributed by atoms with Crippen molar-refractivity contribution >= 4 is 11.4 Å². The highest BCUT2D eigenvalue weighted by molar-refractivity contribution is 5.69. The zero-order valence-corrected chi connectivity index (χ0v) is 8.96. The summed E-state index contributed by atoms with van der Waals surface area (Å²) in [5.74, 6) is 0. The number of halogens is 3. The maximum Gasteiger partial charge on any atom is 0.437 e. The summed E-state index contributed by atoms with van der Waals surface area (Å²) in [7, 11) is 0. The van der Waals surface area contributed by atoms with Crippen LogP contribution in [0.4, 0.5) is 24.5 Å². The van der Waals surface area contributed by atoms with Crippen LogP contribution in [0.25, 0.3) is 0 Å². The second kappa shape index (κ2) is 4.36. The molecule has 1 fully saturated rings. The molecule has 5 nitrogen and oxygen atoms in total. The number of alkyl halides is 3. The number of piperazine rings is 1. The summed E-state index contributed by atoms with van der Waals surface area (Å²) in [5, 5.41) is 9.55. The topological polar surface area (TPSA) is 67.1 Å². The zero-order chi connectivity index (χ0) is 12.5. The molecule has 8 heteroatoms. The smallest absolute Gasteiger partial charge is 0.395 e. The molecular weight excluding hydrogens is 235 g/mol. The Morgan fingerprint density at radius 2 is 1.94 bits per heavy atom. The molecule has 0 aliphatic carbocycles. The van der Waals surface area contributed by atoms with E-state index in [0.717, 1.165) is 0 Å². The van der Waals surface area contributed by atoms with Gasteiger partial charge in [0.05, 0.1) is 17.6 Å². The molecule has 3 N–H and O–H groups in total. The van der Waals surface area contributed by atoms with Gasteiger partial charge in [0.1, 0.15) is 0 Å². The SMILES string of the molecule is Nc1c(N2CCNCC2)cnnc1C(F)(F)F. The lowest BCUT2D eigenvalue weighted by Crippen LogP contribution is -2.44. The maximum atomic E-state index is 12.6. The summed E-state index contributed by atoms with van der Waals surface area (Å²) in [5.41, 5.74) is 4.35. The van der Waals surface area contributed by atoms with Crippen molar-refractivity contribution in [3.8, 4) is 0 Å². The Morgan fingerprint density at radius 3 is 2.53 bits per heavy atom. The van der Waals surface area contributed by atoms with E-state index in [9.17, 15) is 13.2 Å². The van der Waals surface area contributed by atoms with Gasteiger partial charge >= 0.3 is 6.18 Å². The summed E-state index contributed by atoms with van der Waals surface area (Å²) in [4.78, 5) is 1.77. The molecule has 0 amide bonds. The molecule has 1 aromatic heterocycles. The van der Waals surface area contributed by atoms with E-state index in [2.05, 4.69) is 15.5 Å². The average Bonchev–Trinajstić information content (AvgIpc) is 2.29. The van der Waals surface area contributed by atoms with Crippen molar-refractivity contribution in [3.05, 3.63) is 11.9 Å². The quantitative estimate of drug-likeness (QED) is 0.756. The molecule has 17 heavy (non-hydrogen) atoms. The van der Waals surface area contributed by atoms with Crippen LogP contribution in [0, 0.1) is 0 Å². The number of hydrogen-bond donors (Lipinski definition) is 2. The molecule has 0 spiro atoms. The Morgan fingerprint density at radius 1 is 1.29 bits per heavy atom. The first-order valence-corrected chi connectivity index (χ1v) is 5.14. The van der Waals surface area contributed by atoms with E-state index in [1.54, 1.807) is 4.90 Å². The second-order valence-corrected chi connectivity index (χ2v) is 3.73. The van der Waals surface area contributed by atoms with Crippen molar-refractivity contribution in [1.29, 1.82) is 0 Å². The first-order chi connectivity index (χ1) is 8.00. The van der Waals surface area contributed by atoms with E-state index in [1.807, 2.05) is 0 Å². The average molecular weight is 247 g/mol. The van der Waals surface area contributed by atoms with Gasteiger partial charge in [-0.15, -0.1) is 5.10 Å². The van der Waals surface area contributed by atoms with Crippen molar-refractivity contribution in [3.63, 3.8) is 0 Å². The Bertz CT molecular complexity index is 400. The zero-order valence-electron chi connectivity index (χ0n) is 8.96. The van der Waals surface area contributed by atoms with Crippen LogP contribution in [0.1, 0.15) is 5.69 Å². The van der Waals surface area contributed by atoms with Gasteiger partial charge in [-0.3, -0.25) is 0 Å². The molecule has 0 unspecified atom stereocenters. The number of nitrogens with zero attached hydrogens (tertiary/aromatic N) is 3. The van der Waals surface area contributed by atoms with Crippen LogP contribution < -0.4 is 16.0 Å². The number of nitrogens with two attached hydrogens (primary N) is 1. The Hall–Kier alpha value is -1.57. The van der Waals surface area contributed by atoms with Gasteiger partial charge in [0.25, 0.3) is 0 Å². The molecule has 94 valence electrons. The second-order valence-electron chi connectivity index (χ2n) is 3.73. The number of aromatic nitrogens is 2. The first kappa shape index (κ1) is 11.9. The number of rotatable bonds is 1. The number of nitrogen functional groups attached to an aromatic ring is 1. The Kier molecular flexibility index (Phi) is 3.05. The summed E-state index contributed by atoms with van der Waals surface area (Å²) in [6.45, 7) is 2.63. The van der Waals surface area contributed by atoms with Crippen LogP contribution in [0.3, 0.4) is 0 Å². The third-order valence-electron chi connectivity index (χ3n) is 2.60. The molecular formula is C9H12F3N5. The standard InChI is InChI=1S/C9H12F3N5/c10-9(11,12)8-7(13)6(5-15-16-8)17-3-1-14-2-4-17/h5,14H,1-4H2,(H2,13,15). The number of hydrogen-bond acceptors (Lipinski definition) is 5. The van der Waals surface area contributed by atoms with E-state index >= 15 is 0 Å². The lowest BCUT2D eigenvalue weighted by Gasteiger charge is -2.30. The summed E-state index contributed by atoms with van der Waals surface area (Å²) in [6.07, 6.45) is -3.29. The van der Waals surface area contributed by atoms with Crippen molar-refractivity contribution < 1.29 is 13.2 Å². The van der Waals surface area contributed by atoms with Gasteiger partial charge < -0.3 is 16.0 Å². The third-order valence-corrected chi connectivity index (χ3v) is 2.60. The highest BCUT2D eigenvalue weighted by atomic mass is 19.4. The third kappa shape index (κ3) is 2.41. The van der Waals surface area contributed by atoms with Crippen molar-refractivity contribution in [2.24, 2.45) is 0 Å². The minimum Gasteiger partial charge on any atom is -0.395 e. The monoisotopic (exact) mass is 247 g/mol. The lowest BCUT2D eigenvalue weighted by molar-refractivity contribution is -0.141. The maximum absolute atomic E-state index is 12.6. The van der Waals surface area contributed by atoms with Gasteiger partial charge in [-0.1, -0.05) is 0 Å². The van der Waals surface area contributed by atoms with E-state index < -0.39 is 11.9 Å². The van der Waals surface area contributed by atoms with Gasteiger partial charge in [0.2, 0.25) is 0 Å². The Labute approximate surface area is 95.8 Å². The molecule has 2 rings (SSSR count). The molecule has 0 atom stereocenters. The molecule has 0 radical (unpaired) electrons. The van der Waals surface area contributed by atoms with Crippen LogP contribution in [-0.2, 0) is 6.18 Å². The van der Waals surface area contributed by atoms with Crippen molar-refractivity contribution in [1.82, 2.24) is 15.5 Å². The minimum absolute atomic E-state index is 0.300. The fourth-order valence-corrected chi connectivity index (χ4v) is 1.75. The molecule has 1 saturated heterocycles. The van der Waals surface area contributed by atoms with E-state index in [4.69, 9.17) is 5.73 Å². The molecule has 0 saturated carbocycles. The molecule has 0 bridgehead atoms. The fourth-order valence-electron chi connectivity index (χ4n) is 1.75.